The highest BCUT2D eigenvalue weighted by Gasteiger charge is 2.29. The number of rotatable bonds is 3. The smallest absolute Gasteiger partial charge is 0.278 e. The Morgan fingerprint density at radius 3 is 2.48 bits per heavy atom. The molecule has 134 valence electrons. The van der Waals surface area contributed by atoms with Crippen LogP contribution < -0.4 is 0 Å². The summed E-state index contributed by atoms with van der Waals surface area (Å²) in [5.74, 6) is -0.402. The number of sulfonamides is 1. The van der Waals surface area contributed by atoms with E-state index < -0.39 is 15.9 Å². The Balaban J connectivity index is 2.01. The minimum Gasteiger partial charge on any atom is -0.379 e. The molecule has 0 saturated carbocycles. The van der Waals surface area contributed by atoms with E-state index in [-0.39, 0.29) is 28.6 Å². The Bertz CT molecular complexity index is 917. The SMILES string of the molecule is Cc1cc(C)n(C(=O)c2ccc(Cl)c(S(=O)(=O)N3CCOCC3)c2)n1. The fraction of sp³-hybridized carbons (Fsp3) is 0.375. The van der Waals surface area contributed by atoms with Gasteiger partial charge in [-0.3, -0.25) is 4.79 Å². The number of aryl methyl sites for hydroxylation is 2. The van der Waals surface area contributed by atoms with E-state index in [1.807, 2.05) is 0 Å². The van der Waals surface area contributed by atoms with Crippen molar-refractivity contribution in [1.82, 2.24) is 14.1 Å². The second-order valence-electron chi connectivity index (χ2n) is 5.81. The number of carbonyl (C=O) groups excluding carboxylic acids is 1. The molecule has 3 rings (SSSR count). The van der Waals surface area contributed by atoms with E-state index in [0.29, 0.717) is 24.6 Å². The molecule has 0 N–H and O–H groups in total. The topological polar surface area (TPSA) is 81.5 Å². The molecule has 1 aliphatic heterocycles. The van der Waals surface area contributed by atoms with Crippen LogP contribution in [0.2, 0.25) is 5.02 Å². The number of ether oxygens (including phenoxy) is 1. The molecule has 0 atom stereocenters. The van der Waals surface area contributed by atoms with E-state index in [9.17, 15) is 13.2 Å². The number of benzene rings is 1. The molecule has 1 aliphatic rings. The average molecular weight is 384 g/mol. The highest BCUT2D eigenvalue weighted by Crippen LogP contribution is 2.27. The normalized spacial score (nSPS) is 16.1. The molecule has 0 bridgehead atoms. The van der Waals surface area contributed by atoms with Crippen molar-refractivity contribution in [2.75, 3.05) is 26.3 Å². The zero-order valence-corrected chi connectivity index (χ0v) is 15.5. The van der Waals surface area contributed by atoms with Gasteiger partial charge in [0.2, 0.25) is 10.0 Å². The monoisotopic (exact) mass is 383 g/mol. The Hall–Kier alpha value is -1.74. The van der Waals surface area contributed by atoms with Crippen molar-refractivity contribution in [3.63, 3.8) is 0 Å². The number of hydrogen-bond donors (Lipinski definition) is 0. The van der Waals surface area contributed by atoms with Gasteiger partial charge < -0.3 is 4.74 Å². The van der Waals surface area contributed by atoms with Gasteiger partial charge in [0.1, 0.15) is 4.90 Å². The fourth-order valence-corrected chi connectivity index (χ4v) is 4.63. The maximum atomic E-state index is 12.8. The summed E-state index contributed by atoms with van der Waals surface area (Å²) < 4.78 is 33.4. The van der Waals surface area contributed by atoms with Gasteiger partial charge >= 0.3 is 0 Å². The summed E-state index contributed by atoms with van der Waals surface area (Å²) in [6.45, 7) is 4.73. The second kappa shape index (κ2) is 6.87. The van der Waals surface area contributed by atoms with E-state index in [2.05, 4.69) is 5.10 Å². The Kier molecular flexibility index (Phi) is 4.97. The maximum absolute atomic E-state index is 12.8. The number of morpholine rings is 1. The van der Waals surface area contributed by atoms with Crippen molar-refractivity contribution in [3.8, 4) is 0 Å². The molecule has 1 aromatic heterocycles. The molecular formula is C16H18ClN3O4S. The zero-order valence-electron chi connectivity index (χ0n) is 13.9. The molecular weight excluding hydrogens is 366 g/mol. The van der Waals surface area contributed by atoms with Crippen molar-refractivity contribution in [2.24, 2.45) is 0 Å². The first-order valence-corrected chi connectivity index (χ1v) is 9.58. The van der Waals surface area contributed by atoms with Crippen LogP contribution in [0.3, 0.4) is 0 Å². The third-order valence-corrected chi connectivity index (χ3v) is 6.35. The molecule has 0 amide bonds. The lowest BCUT2D eigenvalue weighted by atomic mass is 10.2. The number of carbonyl (C=O) groups is 1. The van der Waals surface area contributed by atoms with Gasteiger partial charge in [-0.05, 0) is 38.1 Å². The third-order valence-electron chi connectivity index (χ3n) is 3.97. The summed E-state index contributed by atoms with van der Waals surface area (Å²) in [6.07, 6.45) is 0. The van der Waals surface area contributed by atoms with E-state index in [1.54, 1.807) is 19.9 Å². The molecule has 1 saturated heterocycles. The number of nitrogens with zero attached hydrogens (tertiary/aromatic N) is 3. The van der Waals surface area contributed by atoms with Gasteiger partial charge in [0.25, 0.3) is 5.91 Å². The van der Waals surface area contributed by atoms with Crippen LogP contribution in [-0.2, 0) is 14.8 Å². The summed E-state index contributed by atoms with van der Waals surface area (Å²) >= 11 is 6.12. The van der Waals surface area contributed by atoms with E-state index in [4.69, 9.17) is 16.3 Å². The van der Waals surface area contributed by atoms with Gasteiger partial charge in [-0.25, -0.2) is 13.1 Å². The van der Waals surface area contributed by atoms with E-state index >= 15 is 0 Å². The van der Waals surface area contributed by atoms with Crippen LogP contribution in [0.15, 0.2) is 29.2 Å². The lowest BCUT2D eigenvalue weighted by molar-refractivity contribution is 0.0730. The summed E-state index contributed by atoms with van der Waals surface area (Å²) in [6, 6.07) is 6.01. The lowest BCUT2D eigenvalue weighted by Gasteiger charge is -2.26. The first kappa shape index (κ1) is 18.1. The van der Waals surface area contributed by atoms with Gasteiger partial charge in [-0.15, -0.1) is 0 Å². The Morgan fingerprint density at radius 1 is 1.20 bits per heavy atom. The fourth-order valence-electron chi connectivity index (χ4n) is 2.72. The standard InChI is InChI=1S/C16H18ClN3O4S/c1-11-9-12(2)20(18-11)16(21)13-3-4-14(17)15(10-13)25(22,23)19-5-7-24-8-6-19/h3-4,9-10H,5-8H2,1-2H3. The van der Waals surface area contributed by atoms with Gasteiger partial charge in [-0.2, -0.15) is 9.40 Å². The van der Waals surface area contributed by atoms with Gasteiger partial charge in [0, 0.05) is 24.3 Å². The minimum atomic E-state index is -3.80. The van der Waals surface area contributed by atoms with Crippen molar-refractivity contribution in [1.29, 1.82) is 0 Å². The predicted molar refractivity (Wildman–Crippen MR) is 92.5 cm³/mol. The molecule has 1 aromatic carbocycles. The zero-order chi connectivity index (χ0) is 18.2. The van der Waals surface area contributed by atoms with Crippen LogP contribution in [0.4, 0.5) is 0 Å². The van der Waals surface area contributed by atoms with Gasteiger partial charge in [-0.1, -0.05) is 11.6 Å². The van der Waals surface area contributed by atoms with Crippen molar-refractivity contribution in [2.45, 2.75) is 18.7 Å². The van der Waals surface area contributed by atoms with E-state index in [0.717, 1.165) is 0 Å². The van der Waals surface area contributed by atoms with Crippen LogP contribution in [-0.4, -0.2) is 54.7 Å². The molecule has 2 aromatic rings. The minimum absolute atomic E-state index is 0.0800. The van der Waals surface area contributed by atoms with Gasteiger partial charge in [0.05, 0.1) is 23.9 Å². The molecule has 0 unspecified atom stereocenters. The van der Waals surface area contributed by atoms with Crippen LogP contribution in [0.25, 0.3) is 0 Å². The predicted octanol–water partition coefficient (Wildman–Crippen LogP) is 1.86. The Labute approximate surface area is 151 Å². The first-order valence-electron chi connectivity index (χ1n) is 7.76. The quantitative estimate of drug-likeness (QED) is 0.808. The molecule has 25 heavy (non-hydrogen) atoms. The van der Waals surface area contributed by atoms with Crippen molar-refractivity contribution < 1.29 is 17.9 Å². The van der Waals surface area contributed by atoms with Crippen LogP contribution in [0.1, 0.15) is 21.7 Å². The average Bonchev–Trinajstić information content (AvgIpc) is 2.93. The van der Waals surface area contributed by atoms with E-state index in [1.165, 1.54) is 27.2 Å². The molecule has 0 spiro atoms. The van der Waals surface area contributed by atoms with Crippen molar-refractivity contribution in [3.05, 3.63) is 46.2 Å². The first-order chi connectivity index (χ1) is 11.8. The summed E-state index contributed by atoms with van der Waals surface area (Å²) in [5, 5.41) is 4.23. The number of hydrogen-bond acceptors (Lipinski definition) is 5. The lowest BCUT2D eigenvalue weighted by Crippen LogP contribution is -2.40. The van der Waals surface area contributed by atoms with Crippen molar-refractivity contribution >= 4 is 27.5 Å². The molecule has 2 heterocycles. The van der Waals surface area contributed by atoms with Crippen LogP contribution in [0.5, 0.6) is 0 Å². The summed E-state index contributed by atoms with van der Waals surface area (Å²) in [5.41, 5.74) is 1.60. The highest BCUT2D eigenvalue weighted by atomic mass is 35.5. The highest BCUT2D eigenvalue weighted by molar-refractivity contribution is 7.89. The molecule has 9 heteroatoms. The molecule has 1 fully saturated rings. The summed E-state index contributed by atoms with van der Waals surface area (Å²) in [4.78, 5) is 12.6. The largest absolute Gasteiger partial charge is 0.379 e. The number of aromatic nitrogens is 2. The van der Waals surface area contributed by atoms with Crippen LogP contribution in [0, 0.1) is 13.8 Å². The van der Waals surface area contributed by atoms with Gasteiger partial charge in [0.15, 0.2) is 0 Å². The third kappa shape index (κ3) is 3.48. The second-order valence-corrected chi connectivity index (χ2v) is 8.12. The molecule has 7 nitrogen and oxygen atoms in total. The van der Waals surface area contributed by atoms with Crippen LogP contribution >= 0.6 is 11.6 Å². The molecule has 0 radical (unpaired) electrons. The maximum Gasteiger partial charge on any atom is 0.278 e. The number of halogens is 1. The molecule has 0 aliphatic carbocycles. The summed E-state index contributed by atoms with van der Waals surface area (Å²) in [7, 11) is -3.80. The Morgan fingerprint density at radius 2 is 1.88 bits per heavy atom.